The molecule has 0 bridgehead atoms. The second-order valence-corrected chi connectivity index (χ2v) is 7.00. The van der Waals surface area contributed by atoms with Crippen LogP contribution in [0.15, 0.2) is 24.3 Å². The van der Waals surface area contributed by atoms with Crippen LogP contribution in [0.1, 0.15) is 22.6 Å². The van der Waals surface area contributed by atoms with E-state index in [2.05, 4.69) is 12.1 Å². The molecule has 3 atom stereocenters. The number of hydrogen-bond acceptors (Lipinski definition) is 7. The largest absolute Gasteiger partial charge is 0.493 e. The summed E-state index contributed by atoms with van der Waals surface area (Å²) in [6.07, 6.45) is 0.657. The highest BCUT2D eigenvalue weighted by atomic mass is 16.7. The Balaban J connectivity index is 1.68. The Bertz CT molecular complexity index is 885. The van der Waals surface area contributed by atoms with Crippen LogP contribution in [0, 0.1) is 0 Å². The van der Waals surface area contributed by atoms with Gasteiger partial charge in [0, 0.05) is 12.3 Å². The number of hydrogen-bond donors (Lipinski definition) is 0. The minimum atomic E-state index is -0.101. The Labute approximate surface area is 163 Å². The van der Waals surface area contributed by atoms with Gasteiger partial charge in [0.2, 0.25) is 12.5 Å². The SMILES string of the molecule is COc1cc(C2c3cc4c(cc3CC3OCOC32)OCO4)cc(OC)c1OC. The summed E-state index contributed by atoms with van der Waals surface area (Å²) in [5.41, 5.74) is 3.33. The summed E-state index contributed by atoms with van der Waals surface area (Å²) in [6.45, 7) is 0.532. The summed E-state index contributed by atoms with van der Waals surface area (Å²) in [7, 11) is 4.83. The zero-order valence-corrected chi connectivity index (χ0v) is 16.0. The maximum atomic E-state index is 6.00. The zero-order valence-electron chi connectivity index (χ0n) is 16.0. The normalized spacial score (nSPS) is 24.5. The first kappa shape index (κ1) is 17.5. The van der Waals surface area contributed by atoms with E-state index in [1.807, 2.05) is 12.1 Å². The highest BCUT2D eigenvalue weighted by Crippen LogP contribution is 2.49. The lowest BCUT2D eigenvalue weighted by Gasteiger charge is -2.34. The van der Waals surface area contributed by atoms with Crippen LogP contribution in [-0.2, 0) is 15.9 Å². The van der Waals surface area contributed by atoms with Gasteiger partial charge in [-0.05, 0) is 41.0 Å². The third-order valence-electron chi connectivity index (χ3n) is 5.67. The molecule has 1 aliphatic carbocycles. The highest BCUT2D eigenvalue weighted by Gasteiger charge is 2.44. The van der Waals surface area contributed by atoms with Gasteiger partial charge in [0.15, 0.2) is 23.0 Å². The Morgan fingerprint density at radius 3 is 2.21 bits per heavy atom. The van der Waals surface area contributed by atoms with E-state index in [1.165, 1.54) is 5.56 Å². The molecule has 0 radical (unpaired) electrons. The molecule has 7 heteroatoms. The smallest absolute Gasteiger partial charge is 0.231 e. The summed E-state index contributed by atoms with van der Waals surface area (Å²) < 4.78 is 39.6. The van der Waals surface area contributed by atoms with E-state index in [1.54, 1.807) is 21.3 Å². The van der Waals surface area contributed by atoms with Crippen molar-refractivity contribution in [3.63, 3.8) is 0 Å². The van der Waals surface area contributed by atoms with Gasteiger partial charge < -0.3 is 33.2 Å². The van der Waals surface area contributed by atoms with E-state index < -0.39 is 0 Å². The molecule has 0 amide bonds. The minimum absolute atomic E-state index is 0.0167. The molecule has 2 aromatic rings. The van der Waals surface area contributed by atoms with E-state index in [0.29, 0.717) is 17.2 Å². The van der Waals surface area contributed by atoms with Gasteiger partial charge in [0.05, 0.1) is 33.5 Å². The van der Waals surface area contributed by atoms with Crippen LogP contribution in [0.3, 0.4) is 0 Å². The van der Waals surface area contributed by atoms with Gasteiger partial charge in [0.25, 0.3) is 0 Å². The highest BCUT2D eigenvalue weighted by molar-refractivity contribution is 5.59. The van der Waals surface area contributed by atoms with E-state index in [9.17, 15) is 0 Å². The molecule has 1 saturated heterocycles. The molecule has 3 aliphatic rings. The maximum absolute atomic E-state index is 6.00. The van der Waals surface area contributed by atoms with Crippen molar-refractivity contribution in [2.45, 2.75) is 24.5 Å². The summed E-state index contributed by atoms with van der Waals surface area (Å²) in [5.74, 6) is 3.27. The molecule has 1 fully saturated rings. The zero-order chi connectivity index (χ0) is 19.3. The first-order valence-electron chi connectivity index (χ1n) is 9.19. The number of ether oxygens (including phenoxy) is 7. The van der Waals surface area contributed by atoms with Crippen molar-refractivity contribution < 1.29 is 33.2 Å². The Hall–Kier alpha value is -2.64. The fraction of sp³-hybridized carbons (Fsp3) is 0.429. The van der Waals surface area contributed by atoms with Crippen LogP contribution in [-0.4, -0.2) is 47.1 Å². The Kier molecular flexibility index (Phi) is 4.21. The van der Waals surface area contributed by atoms with E-state index in [4.69, 9.17) is 33.2 Å². The third-order valence-corrected chi connectivity index (χ3v) is 5.67. The molecule has 2 aromatic carbocycles. The quantitative estimate of drug-likeness (QED) is 0.801. The summed E-state index contributed by atoms with van der Waals surface area (Å²) in [5, 5.41) is 0. The predicted octanol–water partition coefficient (Wildman–Crippen LogP) is 2.87. The van der Waals surface area contributed by atoms with Crippen molar-refractivity contribution in [3.8, 4) is 28.7 Å². The molecule has 0 saturated carbocycles. The molecule has 0 N–H and O–H groups in total. The average Bonchev–Trinajstić information content (AvgIpc) is 3.37. The van der Waals surface area contributed by atoms with Crippen molar-refractivity contribution in [2.24, 2.45) is 0 Å². The van der Waals surface area contributed by atoms with E-state index >= 15 is 0 Å². The maximum Gasteiger partial charge on any atom is 0.231 e. The average molecular weight is 386 g/mol. The molecule has 2 heterocycles. The molecule has 5 rings (SSSR count). The second kappa shape index (κ2) is 6.76. The molecule has 7 nitrogen and oxygen atoms in total. The fourth-order valence-electron chi connectivity index (χ4n) is 4.40. The number of benzene rings is 2. The standard InChI is InChI=1S/C21H22O7/c1-22-16-6-12(7-17(23-2)20(16)24-3)19-13-8-15-14(25-9-26-15)4-11(13)5-18-21(19)28-10-27-18/h4,6-8,18-19,21H,5,9-10H2,1-3H3. The van der Waals surface area contributed by atoms with Crippen LogP contribution in [0.5, 0.6) is 28.7 Å². The molecule has 2 aliphatic heterocycles. The summed E-state index contributed by atoms with van der Waals surface area (Å²) in [6, 6.07) is 8.07. The van der Waals surface area contributed by atoms with Crippen LogP contribution >= 0.6 is 0 Å². The molecular weight excluding hydrogens is 364 g/mol. The van der Waals surface area contributed by atoms with Gasteiger partial charge in [-0.1, -0.05) is 0 Å². The first-order chi connectivity index (χ1) is 13.7. The van der Waals surface area contributed by atoms with Gasteiger partial charge in [-0.15, -0.1) is 0 Å². The van der Waals surface area contributed by atoms with Crippen molar-refractivity contribution in [2.75, 3.05) is 34.9 Å². The van der Waals surface area contributed by atoms with Crippen LogP contribution < -0.4 is 23.7 Å². The van der Waals surface area contributed by atoms with Crippen molar-refractivity contribution >= 4 is 0 Å². The van der Waals surface area contributed by atoms with Gasteiger partial charge in [0.1, 0.15) is 6.79 Å². The van der Waals surface area contributed by atoms with Crippen LogP contribution in [0.25, 0.3) is 0 Å². The fourth-order valence-corrected chi connectivity index (χ4v) is 4.40. The lowest BCUT2D eigenvalue weighted by molar-refractivity contribution is 0.0378. The second-order valence-electron chi connectivity index (χ2n) is 7.00. The van der Waals surface area contributed by atoms with Crippen LogP contribution in [0.4, 0.5) is 0 Å². The molecule has 148 valence electrons. The van der Waals surface area contributed by atoms with Crippen LogP contribution in [0.2, 0.25) is 0 Å². The topological polar surface area (TPSA) is 64.6 Å². The lowest BCUT2D eigenvalue weighted by Crippen LogP contribution is -2.36. The number of rotatable bonds is 4. The van der Waals surface area contributed by atoms with Crippen molar-refractivity contribution in [1.82, 2.24) is 0 Å². The monoisotopic (exact) mass is 386 g/mol. The minimum Gasteiger partial charge on any atom is -0.493 e. The number of methoxy groups -OCH3 is 3. The summed E-state index contributed by atoms with van der Waals surface area (Å²) in [4.78, 5) is 0. The van der Waals surface area contributed by atoms with Crippen molar-refractivity contribution in [1.29, 1.82) is 0 Å². The van der Waals surface area contributed by atoms with E-state index in [0.717, 1.165) is 29.0 Å². The molecule has 28 heavy (non-hydrogen) atoms. The van der Waals surface area contributed by atoms with E-state index in [-0.39, 0.29) is 31.7 Å². The lowest BCUT2D eigenvalue weighted by atomic mass is 9.75. The molecule has 3 unspecified atom stereocenters. The molecular formula is C21H22O7. The van der Waals surface area contributed by atoms with Gasteiger partial charge in [-0.3, -0.25) is 0 Å². The van der Waals surface area contributed by atoms with Gasteiger partial charge in [-0.25, -0.2) is 0 Å². The first-order valence-corrected chi connectivity index (χ1v) is 9.19. The molecule has 0 aromatic heterocycles. The molecule has 0 spiro atoms. The summed E-state index contributed by atoms with van der Waals surface area (Å²) >= 11 is 0. The van der Waals surface area contributed by atoms with Gasteiger partial charge >= 0.3 is 0 Å². The van der Waals surface area contributed by atoms with Crippen molar-refractivity contribution in [3.05, 3.63) is 41.0 Å². The van der Waals surface area contributed by atoms with Gasteiger partial charge in [-0.2, -0.15) is 0 Å². The number of fused-ring (bicyclic) bond motifs is 3. The Morgan fingerprint density at radius 1 is 0.821 bits per heavy atom. The predicted molar refractivity (Wildman–Crippen MR) is 98.8 cm³/mol. The Morgan fingerprint density at radius 2 is 1.54 bits per heavy atom. The third kappa shape index (κ3) is 2.57.